The van der Waals surface area contributed by atoms with Crippen LogP contribution in [0.4, 0.5) is 0 Å². The van der Waals surface area contributed by atoms with E-state index in [1.165, 1.54) is 5.56 Å². The van der Waals surface area contributed by atoms with Crippen LogP contribution in [0.5, 0.6) is 5.75 Å². The Kier molecular flexibility index (Phi) is 6.26. The van der Waals surface area contributed by atoms with Gasteiger partial charge in [-0.15, -0.1) is 11.3 Å². The van der Waals surface area contributed by atoms with E-state index in [2.05, 4.69) is 43.4 Å². The second-order valence-corrected chi connectivity index (χ2v) is 8.45. The molecule has 2 aromatic carbocycles. The summed E-state index contributed by atoms with van der Waals surface area (Å²) in [6, 6.07) is 19.4. The summed E-state index contributed by atoms with van der Waals surface area (Å²) in [7, 11) is 0. The Bertz CT molecular complexity index is 922. The summed E-state index contributed by atoms with van der Waals surface area (Å²) in [5.41, 5.74) is 5.50. The number of amides is 1. The van der Waals surface area contributed by atoms with Crippen LogP contribution in [0.2, 0.25) is 0 Å². The second-order valence-electron chi connectivity index (χ2n) is 7.47. The Labute approximate surface area is 169 Å². The van der Waals surface area contributed by atoms with Gasteiger partial charge in [0, 0.05) is 10.4 Å². The monoisotopic (exact) mass is 392 g/mol. The molecule has 1 aromatic heterocycles. The minimum absolute atomic E-state index is 0.128. The molecule has 0 radical (unpaired) electrons. The van der Waals surface area contributed by atoms with Gasteiger partial charge in [0.15, 0.2) is 0 Å². The van der Waals surface area contributed by atoms with Gasteiger partial charge in [0.1, 0.15) is 12.4 Å². The Morgan fingerprint density at radius 1 is 1.07 bits per heavy atom. The van der Waals surface area contributed by atoms with Crippen molar-refractivity contribution in [2.24, 2.45) is 5.10 Å². The molecule has 0 spiro atoms. The summed E-state index contributed by atoms with van der Waals surface area (Å²) in [6.45, 7) is 7.02. The number of hydrazone groups is 1. The summed E-state index contributed by atoms with van der Waals surface area (Å²) in [5.74, 6) is 0.593. The molecule has 5 heteroatoms. The van der Waals surface area contributed by atoms with Crippen LogP contribution >= 0.6 is 11.3 Å². The van der Waals surface area contributed by atoms with Gasteiger partial charge in [0.2, 0.25) is 0 Å². The van der Waals surface area contributed by atoms with E-state index in [0.717, 1.165) is 16.2 Å². The second kappa shape index (κ2) is 8.85. The fourth-order valence-corrected chi connectivity index (χ4v) is 3.14. The molecule has 1 heterocycles. The minimum Gasteiger partial charge on any atom is -0.489 e. The molecule has 0 saturated carbocycles. The number of benzene rings is 2. The van der Waals surface area contributed by atoms with Gasteiger partial charge in [-0.2, -0.15) is 5.10 Å². The highest BCUT2D eigenvalue weighted by Crippen LogP contribution is 2.24. The Hall–Kier alpha value is -2.92. The van der Waals surface area contributed by atoms with E-state index in [1.54, 1.807) is 29.7 Å². The molecule has 0 atom stereocenters. The van der Waals surface area contributed by atoms with Crippen LogP contribution in [-0.2, 0) is 12.0 Å². The summed E-state index contributed by atoms with van der Waals surface area (Å²) in [6.07, 6.45) is 1.63. The average molecular weight is 393 g/mol. The third-order valence-corrected chi connectivity index (χ3v) is 5.05. The number of rotatable bonds is 6. The van der Waals surface area contributed by atoms with Crippen molar-refractivity contribution in [2.75, 3.05) is 0 Å². The lowest BCUT2D eigenvalue weighted by molar-refractivity contribution is 0.0955. The highest BCUT2D eigenvalue weighted by molar-refractivity contribution is 7.11. The van der Waals surface area contributed by atoms with Crippen molar-refractivity contribution in [3.8, 4) is 5.75 Å². The van der Waals surface area contributed by atoms with Crippen molar-refractivity contribution in [3.05, 3.63) is 87.6 Å². The van der Waals surface area contributed by atoms with Crippen molar-refractivity contribution in [1.29, 1.82) is 0 Å². The summed E-state index contributed by atoms with van der Waals surface area (Å²) in [4.78, 5) is 13.1. The van der Waals surface area contributed by atoms with Gasteiger partial charge in [0.05, 0.1) is 6.21 Å². The van der Waals surface area contributed by atoms with Crippen molar-refractivity contribution >= 4 is 23.5 Å². The predicted octanol–water partition coefficient (Wildman–Crippen LogP) is 5.39. The maximum Gasteiger partial charge on any atom is 0.271 e. The molecule has 0 aliphatic heterocycles. The van der Waals surface area contributed by atoms with Gasteiger partial charge >= 0.3 is 0 Å². The molecular formula is C23H24N2O2S. The number of ether oxygens (including phenoxy) is 1. The molecule has 3 aromatic rings. The summed E-state index contributed by atoms with van der Waals surface area (Å²) in [5, 5.41) is 5.94. The number of thiophene rings is 1. The van der Waals surface area contributed by atoms with E-state index >= 15 is 0 Å². The van der Waals surface area contributed by atoms with Crippen molar-refractivity contribution in [2.45, 2.75) is 32.8 Å². The number of hydrogen-bond donors (Lipinski definition) is 1. The van der Waals surface area contributed by atoms with Crippen LogP contribution in [0.25, 0.3) is 0 Å². The predicted molar refractivity (Wildman–Crippen MR) is 115 cm³/mol. The molecule has 0 aliphatic rings. The number of nitrogens with zero attached hydrogens (tertiary/aromatic N) is 1. The SMILES string of the molecule is CC(C)(C)c1ccc(OCc2ccc(C(=O)NN=Cc3cccs3)cc2)cc1. The molecule has 0 unspecified atom stereocenters. The molecule has 1 amide bonds. The smallest absolute Gasteiger partial charge is 0.271 e. The maximum absolute atomic E-state index is 12.1. The van der Waals surface area contributed by atoms with Crippen molar-refractivity contribution in [1.82, 2.24) is 5.43 Å². The average Bonchev–Trinajstić information content (AvgIpc) is 3.20. The third-order valence-electron chi connectivity index (χ3n) is 4.24. The zero-order valence-electron chi connectivity index (χ0n) is 16.3. The molecule has 0 bridgehead atoms. The lowest BCUT2D eigenvalue weighted by Crippen LogP contribution is -2.17. The van der Waals surface area contributed by atoms with Gasteiger partial charge in [-0.05, 0) is 52.3 Å². The quantitative estimate of drug-likeness (QED) is 0.452. The fourth-order valence-electron chi connectivity index (χ4n) is 2.55. The van der Waals surface area contributed by atoms with Crippen LogP contribution < -0.4 is 10.2 Å². The van der Waals surface area contributed by atoms with Crippen LogP contribution in [0.3, 0.4) is 0 Å². The van der Waals surface area contributed by atoms with E-state index < -0.39 is 0 Å². The highest BCUT2D eigenvalue weighted by atomic mass is 32.1. The number of nitrogens with one attached hydrogen (secondary N) is 1. The zero-order valence-corrected chi connectivity index (χ0v) is 17.1. The normalized spacial score (nSPS) is 11.5. The number of hydrogen-bond acceptors (Lipinski definition) is 4. The molecule has 0 saturated heterocycles. The van der Waals surface area contributed by atoms with E-state index in [1.807, 2.05) is 41.8 Å². The van der Waals surface area contributed by atoms with E-state index in [-0.39, 0.29) is 11.3 Å². The third kappa shape index (κ3) is 5.54. The first kappa shape index (κ1) is 19.8. The van der Waals surface area contributed by atoms with Crippen LogP contribution in [0.1, 0.15) is 47.1 Å². The first-order chi connectivity index (χ1) is 13.4. The summed E-state index contributed by atoms with van der Waals surface area (Å²) < 4.78 is 5.84. The lowest BCUT2D eigenvalue weighted by Gasteiger charge is -2.19. The van der Waals surface area contributed by atoms with Gasteiger partial charge < -0.3 is 4.74 Å². The van der Waals surface area contributed by atoms with Gasteiger partial charge in [-0.3, -0.25) is 4.79 Å². The van der Waals surface area contributed by atoms with Gasteiger partial charge in [-0.1, -0.05) is 51.1 Å². The number of carbonyl (C=O) groups is 1. The lowest BCUT2D eigenvalue weighted by atomic mass is 9.87. The molecule has 4 nitrogen and oxygen atoms in total. The molecule has 3 rings (SSSR count). The van der Waals surface area contributed by atoms with E-state index in [9.17, 15) is 4.79 Å². The van der Waals surface area contributed by atoms with Crippen molar-refractivity contribution in [3.63, 3.8) is 0 Å². The van der Waals surface area contributed by atoms with Gasteiger partial charge in [-0.25, -0.2) is 5.43 Å². The Morgan fingerprint density at radius 3 is 2.39 bits per heavy atom. The Morgan fingerprint density at radius 2 is 1.79 bits per heavy atom. The van der Waals surface area contributed by atoms with Crippen molar-refractivity contribution < 1.29 is 9.53 Å². The zero-order chi connectivity index (χ0) is 20.0. The maximum atomic E-state index is 12.1. The number of carbonyl (C=O) groups excluding carboxylic acids is 1. The van der Waals surface area contributed by atoms with Crippen LogP contribution in [0, 0.1) is 0 Å². The minimum atomic E-state index is -0.238. The largest absolute Gasteiger partial charge is 0.489 e. The van der Waals surface area contributed by atoms with Crippen LogP contribution in [0.15, 0.2) is 71.1 Å². The molecular weight excluding hydrogens is 368 g/mol. The van der Waals surface area contributed by atoms with E-state index in [0.29, 0.717) is 12.2 Å². The van der Waals surface area contributed by atoms with Gasteiger partial charge in [0.25, 0.3) is 5.91 Å². The summed E-state index contributed by atoms with van der Waals surface area (Å²) >= 11 is 1.56. The Balaban J connectivity index is 1.52. The topological polar surface area (TPSA) is 50.7 Å². The first-order valence-electron chi connectivity index (χ1n) is 9.11. The highest BCUT2D eigenvalue weighted by Gasteiger charge is 2.13. The molecule has 0 aliphatic carbocycles. The van der Waals surface area contributed by atoms with E-state index in [4.69, 9.17) is 4.74 Å². The molecule has 28 heavy (non-hydrogen) atoms. The fraction of sp³-hybridized carbons (Fsp3) is 0.217. The first-order valence-corrected chi connectivity index (χ1v) is 9.99. The molecule has 0 fully saturated rings. The standard InChI is InChI=1S/C23H24N2O2S/c1-23(2,3)19-10-12-20(13-11-19)27-16-17-6-8-18(9-7-17)22(26)25-24-15-21-5-4-14-28-21/h4-15H,16H2,1-3H3,(H,25,26). The molecule has 144 valence electrons. The molecule has 1 N–H and O–H groups in total. The van der Waals surface area contributed by atoms with Crippen LogP contribution in [-0.4, -0.2) is 12.1 Å².